The fraction of sp³-hybridized carbons (Fsp3) is 0.600. The number of hydrogen-bond donors (Lipinski definition) is 1. The molecule has 0 aromatic carbocycles. The lowest BCUT2D eigenvalue weighted by molar-refractivity contribution is -0.174. The largest absolute Gasteiger partial charge is 0.471 e. The molecule has 0 aromatic rings. The average Bonchev–Trinajstić information content (AvgIpc) is 2.09. The van der Waals surface area contributed by atoms with Crippen LogP contribution < -0.4 is 5.32 Å². The summed E-state index contributed by atoms with van der Waals surface area (Å²) < 4.78 is 35.9. The number of amides is 1. The monoisotopic (exact) mass is 235 g/mol. The van der Waals surface area contributed by atoms with Crippen molar-refractivity contribution in [3.8, 4) is 0 Å². The van der Waals surface area contributed by atoms with Crippen molar-refractivity contribution in [2.45, 2.75) is 32.5 Å². The van der Waals surface area contributed by atoms with E-state index in [1.165, 1.54) is 6.08 Å². The second-order valence-electron chi connectivity index (χ2n) is 4.45. The number of allylic oxidation sites excluding steroid dienone is 1. The summed E-state index contributed by atoms with van der Waals surface area (Å²) in [5, 5.41) is 1.70. The van der Waals surface area contributed by atoms with Gasteiger partial charge in [-0.05, 0) is 17.9 Å². The third-order valence-corrected chi connectivity index (χ3v) is 2.34. The lowest BCUT2D eigenvalue weighted by Crippen LogP contribution is -2.49. The van der Waals surface area contributed by atoms with Crippen LogP contribution in [-0.2, 0) is 9.59 Å². The third-order valence-electron chi connectivity index (χ3n) is 2.34. The van der Waals surface area contributed by atoms with Crippen LogP contribution in [0, 0.1) is 5.41 Å². The second-order valence-corrected chi connectivity index (χ2v) is 4.45. The maximum Gasteiger partial charge on any atom is 0.471 e. The molecule has 0 heterocycles. The first-order valence-corrected chi connectivity index (χ1v) is 4.73. The van der Waals surface area contributed by atoms with Crippen molar-refractivity contribution in [1.82, 2.24) is 5.32 Å². The Morgan fingerprint density at radius 2 is 2.06 bits per heavy atom. The third kappa shape index (κ3) is 3.08. The van der Waals surface area contributed by atoms with Crippen molar-refractivity contribution < 1.29 is 22.8 Å². The minimum Gasteiger partial charge on any atom is -0.338 e. The first kappa shape index (κ1) is 12.7. The first-order chi connectivity index (χ1) is 7.12. The van der Waals surface area contributed by atoms with E-state index in [0.29, 0.717) is 0 Å². The summed E-state index contributed by atoms with van der Waals surface area (Å²) >= 11 is 0. The Morgan fingerprint density at radius 3 is 2.56 bits per heavy atom. The average molecular weight is 235 g/mol. The molecule has 1 atom stereocenters. The number of carbonyl (C=O) groups is 2. The van der Waals surface area contributed by atoms with Crippen LogP contribution in [0.3, 0.4) is 0 Å². The Hall–Kier alpha value is -1.33. The fourth-order valence-corrected chi connectivity index (χ4v) is 1.48. The Morgan fingerprint density at radius 1 is 1.50 bits per heavy atom. The van der Waals surface area contributed by atoms with E-state index in [1.54, 1.807) is 25.2 Å². The molecule has 0 bridgehead atoms. The van der Waals surface area contributed by atoms with Crippen LogP contribution in [0.5, 0.6) is 0 Å². The van der Waals surface area contributed by atoms with Crippen molar-refractivity contribution in [2.75, 3.05) is 0 Å². The van der Waals surface area contributed by atoms with Crippen molar-refractivity contribution in [2.24, 2.45) is 5.41 Å². The molecule has 90 valence electrons. The maximum absolute atomic E-state index is 12.0. The summed E-state index contributed by atoms with van der Waals surface area (Å²) in [6.07, 6.45) is -1.94. The number of ketones is 1. The SMILES string of the molecule is CC1(C)C=CC(=O)C(NC(=O)C(F)(F)F)C1. The summed E-state index contributed by atoms with van der Waals surface area (Å²) in [4.78, 5) is 22.0. The smallest absolute Gasteiger partial charge is 0.338 e. The first-order valence-electron chi connectivity index (χ1n) is 4.73. The van der Waals surface area contributed by atoms with Crippen LogP contribution in [0.15, 0.2) is 12.2 Å². The summed E-state index contributed by atoms with van der Waals surface area (Å²) in [5.41, 5.74) is -0.391. The Bertz CT molecular complexity index is 344. The van der Waals surface area contributed by atoms with E-state index in [1.807, 2.05) is 0 Å². The predicted molar refractivity (Wildman–Crippen MR) is 50.5 cm³/mol. The van der Waals surface area contributed by atoms with Crippen LogP contribution in [0.2, 0.25) is 0 Å². The molecule has 0 aliphatic heterocycles. The van der Waals surface area contributed by atoms with Gasteiger partial charge in [-0.1, -0.05) is 19.9 Å². The van der Waals surface area contributed by atoms with Crippen LogP contribution >= 0.6 is 0 Å². The molecule has 16 heavy (non-hydrogen) atoms. The quantitative estimate of drug-likeness (QED) is 0.750. The van der Waals surface area contributed by atoms with Gasteiger partial charge >= 0.3 is 12.1 Å². The Balaban J connectivity index is 2.73. The molecule has 1 aliphatic rings. The molecule has 1 aliphatic carbocycles. The van der Waals surface area contributed by atoms with Crippen LogP contribution in [0.4, 0.5) is 13.2 Å². The van der Waals surface area contributed by atoms with Crippen LogP contribution in [0.25, 0.3) is 0 Å². The molecule has 1 unspecified atom stereocenters. The van der Waals surface area contributed by atoms with Gasteiger partial charge in [0, 0.05) is 0 Å². The summed E-state index contributed by atoms with van der Waals surface area (Å²) in [7, 11) is 0. The van der Waals surface area contributed by atoms with Gasteiger partial charge < -0.3 is 5.32 Å². The highest BCUT2D eigenvalue weighted by Crippen LogP contribution is 2.28. The molecular formula is C10H12F3NO2. The van der Waals surface area contributed by atoms with Gasteiger partial charge in [0.25, 0.3) is 0 Å². The summed E-state index contributed by atoms with van der Waals surface area (Å²) in [5.74, 6) is -2.58. The Kier molecular flexibility index (Phi) is 3.12. The van der Waals surface area contributed by atoms with Crippen LogP contribution in [-0.4, -0.2) is 23.9 Å². The van der Waals surface area contributed by atoms with E-state index in [2.05, 4.69) is 0 Å². The number of hydrogen-bond acceptors (Lipinski definition) is 2. The summed E-state index contributed by atoms with van der Waals surface area (Å²) in [6, 6.07) is -1.09. The van der Waals surface area contributed by atoms with Gasteiger partial charge in [0.1, 0.15) is 0 Å². The number of halogens is 3. The molecule has 0 saturated heterocycles. The molecule has 0 radical (unpaired) electrons. The minimum absolute atomic E-state index is 0.171. The van der Waals surface area contributed by atoms with Crippen molar-refractivity contribution in [1.29, 1.82) is 0 Å². The molecular weight excluding hydrogens is 223 g/mol. The molecule has 1 N–H and O–H groups in total. The number of alkyl halides is 3. The number of rotatable bonds is 1. The van der Waals surface area contributed by atoms with Gasteiger partial charge in [-0.3, -0.25) is 9.59 Å². The molecule has 3 nitrogen and oxygen atoms in total. The zero-order valence-corrected chi connectivity index (χ0v) is 8.89. The van der Waals surface area contributed by atoms with E-state index in [4.69, 9.17) is 0 Å². The van der Waals surface area contributed by atoms with E-state index in [0.717, 1.165) is 0 Å². The standard InChI is InChI=1S/C10H12F3NO2/c1-9(2)4-3-7(15)6(5-9)14-8(16)10(11,12)13/h3-4,6H,5H2,1-2H3,(H,14,16). The molecule has 6 heteroatoms. The van der Waals surface area contributed by atoms with Gasteiger partial charge in [0.15, 0.2) is 5.78 Å². The Labute approximate surface area is 90.7 Å². The fourth-order valence-electron chi connectivity index (χ4n) is 1.48. The van der Waals surface area contributed by atoms with E-state index >= 15 is 0 Å². The van der Waals surface area contributed by atoms with Gasteiger partial charge in [0.05, 0.1) is 6.04 Å². The number of nitrogens with one attached hydrogen (secondary N) is 1. The van der Waals surface area contributed by atoms with E-state index in [9.17, 15) is 22.8 Å². The van der Waals surface area contributed by atoms with Gasteiger partial charge in [-0.25, -0.2) is 0 Å². The van der Waals surface area contributed by atoms with Crippen LogP contribution in [0.1, 0.15) is 20.3 Å². The molecule has 0 aromatic heterocycles. The molecule has 1 amide bonds. The highest BCUT2D eigenvalue weighted by molar-refractivity contribution is 5.98. The van der Waals surface area contributed by atoms with Crippen molar-refractivity contribution in [3.63, 3.8) is 0 Å². The predicted octanol–water partition coefficient (Wildman–Crippen LogP) is 1.59. The second kappa shape index (κ2) is 3.92. The van der Waals surface area contributed by atoms with Crippen molar-refractivity contribution in [3.05, 3.63) is 12.2 Å². The van der Waals surface area contributed by atoms with Gasteiger partial charge in [-0.15, -0.1) is 0 Å². The molecule has 0 saturated carbocycles. The lowest BCUT2D eigenvalue weighted by Gasteiger charge is -2.30. The molecule has 0 fully saturated rings. The zero-order valence-electron chi connectivity index (χ0n) is 8.89. The van der Waals surface area contributed by atoms with Crippen molar-refractivity contribution >= 4 is 11.7 Å². The highest BCUT2D eigenvalue weighted by atomic mass is 19.4. The maximum atomic E-state index is 12.0. The molecule has 0 spiro atoms. The molecule has 1 rings (SSSR count). The summed E-state index contributed by atoms with van der Waals surface area (Å²) in [6.45, 7) is 3.56. The number of carbonyl (C=O) groups excluding carboxylic acids is 2. The minimum atomic E-state index is -4.95. The normalized spacial score (nSPS) is 24.3. The topological polar surface area (TPSA) is 46.2 Å². The van der Waals surface area contributed by atoms with Gasteiger partial charge in [0.2, 0.25) is 0 Å². The van der Waals surface area contributed by atoms with Gasteiger partial charge in [-0.2, -0.15) is 13.2 Å². The van der Waals surface area contributed by atoms with E-state index in [-0.39, 0.29) is 6.42 Å². The lowest BCUT2D eigenvalue weighted by atomic mass is 9.80. The highest BCUT2D eigenvalue weighted by Gasteiger charge is 2.41. The van der Waals surface area contributed by atoms with E-state index < -0.39 is 29.3 Å². The zero-order chi connectivity index (χ0) is 12.6.